The Kier molecular flexibility index (Phi) is 3.98. The molecule has 2 heterocycles. The zero-order chi connectivity index (χ0) is 16.5. The Hall–Kier alpha value is -2.33. The van der Waals surface area contributed by atoms with E-state index < -0.39 is 6.10 Å². The van der Waals surface area contributed by atoms with Gasteiger partial charge in [-0.1, -0.05) is 48.5 Å². The molecule has 24 heavy (non-hydrogen) atoms. The third-order valence-corrected chi connectivity index (χ3v) is 5.13. The Labute approximate surface area is 142 Å². The van der Waals surface area contributed by atoms with Crippen molar-refractivity contribution in [1.29, 1.82) is 0 Å². The van der Waals surface area contributed by atoms with Crippen LogP contribution in [0.15, 0.2) is 54.6 Å². The average molecular weight is 322 g/mol. The summed E-state index contributed by atoms with van der Waals surface area (Å²) >= 11 is 0. The Morgan fingerprint density at radius 1 is 1.08 bits per heavy atom. The van der Waals surface area contributed by atoms with Gasteiger partial charge in [-0.05, 0) is 30.0 Å². The van der Waals surface area contributed by atoms with Crippen molar-refractivity contribution in [3.8, 4) is 0 Å². The van der Waals surface area contributed by atoms with E-state index in [1.807, 2.05) is 29.2 Å². The molecule has 0 radical (unpaired) electrons. The minimum absolute atomic E-state index is 0.204. The highest BCUT2D eigenvalue weighted by atomic mass is 16.3. The van der Waals surface area contributed by atoms with Crippen LogP contribution in [0.25, 0.3) is 0 Å². The van der Waals surface area contributed by atoms with Gasteiger partial charge in [-0.2, -0.15) is 0 Å². The quantitative estimate of drug-likeness (QED) is 0.924. The van der Waals surface area contributed by atoms with Gasteiger partial charge in [0.25, 0.3) is 5.91 Å². The van der Waals surface area contributed by atoms with Gasteiger partial charge in [0.05, 0.1) is 0 Å². The number of rotatable bonds is 2. The summed E-state index contributed by atoms with van der Waals surface area (Å²) in [6.45, 7) is 2.29. The summed E-state index contributed by atoms with van der Waals surface area (Å²) in [6, 6.07) is 17.9. The Morgan fingerprint density at radius 2 is 1.83 bits per heavy atom. The fraction of sp³-hybridized carbons (Fsp3) is 0.350. The van der Waals surface area contributed by atoms with Crippen LogP contribution in [0.2, 0.25) is 0 Å². The number of fused-ring (bicyclic) bond motifs is 3. The lowest BCUT2D eigenvalue weighted by atomic mass is 10.1. The zero-order valence-electron chi connectivity index (χ0n) is 13.6. The highest BCUT2D eigenvalue weighted by molar-refractivity contribution is 5.82. The SMILES string of the molecule is O=C([C@@H](O)c1ccccc1)N1Cc2ccccc2N2CCC[C@H]2C1. The molecule has 4 nitrogen and oxygen atoms in total. The van der Waals surface area contributed by atoms with E-state index in [0.29, 0.717) is 24.7 Å². The Balaban J connectivity index is 1.63. The van der Waals surface area contributed by atoms with Crippen molar-refractivity contribution in [1.82, 2.24) is 4.90 Å². The molecule has 0 saturated carbocycles. The molecule has 2 aromatic rings. The second kappa shape index (κ2) is 6.29. The summed E-state index contributed by atoms with van der Waals surface area (Å²) in [5, 5.41) is 10.5. The number of hydrogen-bond acceptors (Lipinski definition) is 3. The van der Waals surface area contributed by atoms with Crippen LogP contribution in [0.5, 0.6) is 0 Å². The first-order valence-corrected chi connectivity index (χ1v) is 8.60. The molecular weight excluding hydrogens is 300 g/mol. The molecule has 4 heteroatoms. The standard InChI is InChI=1S/C20H22N2O2/c23-19(15-7-2-1-3-8-15)20(24)21-13-16-9-4-5-11-18(16)22-12-6-10-17(22)14-21/h1-5,7-9,11,17,19,23H,6,10,12-14H2/t17-,19-/m0/s1. The van der Waals surface area contributed by atoms with Crippen LogP contribution in [0, 0.1) is 0 Å². The molecule has 0 bridgehead atoms. The van der Waals surface area contributed by atoms with Crippen LogP contribution in [-0.4, -0.2) is 35.0 Å². The highest BCUT2D eigenvalue weighted by Crippen LogP contribution is 2.33. The smallest absolute Gasteiger partial charge is 0.256 e. The summed E-state index contributed by atoms with van der Waals surface area (Å²) < 4.78 is 0. The molecule has 2 aliphatic rings. The molecule has 0 unspecified atom stereocenters. The van der Waals surface area contributed by atoms with Crippen molar-refractivity contribution >= 4 is 11.6 Å². The van der Waals surface area contributed by atoms with Gasteiger partial charge >= 0.3 is 0 Å². The summed E-state index contributed by atoms with van der Waals surface area (Å²) in [6.07, 6.45) is 1.16. The van der Waals surface area contributed by atoms with Gasteiger partial charge in [0.15, 0.2) is 6.10 Å². The number of hydrogen-bond donors (Lipinski definition) is 1. The second-order valence-electron chi connectivity index (χ2n) is 6.65. The maximum atomic E-state index is 12.9. The molecule has 0 aromatic heterocycles. The van der Waals surface area contributed by atoms with Crippen molar-refractivity contribution in [3.05, 3.63) is 65.7 Å². The number of anilines is 1. The summed E-state index contributed by atoms with van der Waals surface area (Å²) in [5.41, 5.74) is 3.06. The molecule has 2 aromatic carbocycles. The van der Waals surface area contributed by atoms with E-state index in [1.165, 1.54) is 5.69 Å². The highest BCUT2D eigenvalue weighted by Gasteiger charge is 2.34. The van der Waals surface area contributed by atoms with Crippen molar-refractivity contribution in [2.24, 2.45) is 0 Å². The van der Waals surface area contributed by atoms with E-state index in [-0.39, 0.29) is 5.91 Å². The monoisotopic (exact) mass is 322 g/mol. The van der Waals surface area contributed by atoms with Gasteiger partial charge in [0.1, 0.15) is 0 Å². The van der Waals surface area contributed by atoms with Crippen molar-refractivity contribution in [3.63, 3.8) is 0 Å². The first-order chi connectivity index (χ1) is 11.7. The third-order valence-electron chi connectivity index (χ3n) is 5.13. The largest absolute Gasteiger partial charge is 0.378 e. The third kappa shape index (κ3) is 2.67. The first kappa shape index (κ1) is 15.2. The van der Waals surface area contributed by atoms with E-state index >= 15 is 0 Å². The molecule has 1 N–H and O–H groups in total. The molecule has 1 saturated heterocycles. The first-order valence-electron chi connectivity index (χ1n) is 8.60. The lowest BCUT2D eigenvalue weighted by Crippen LogP contribution is -2.42. The van der Waals surface area contributed by atoms with Gasteiger partial charge in [0.2, 0.25) is 0 Å². The van der Waals surface area contributed by atoms with Crippen LogP contribution in [0.1, 0.15) is 30.1 Å². The summed E-state index contributed by atoms with van der Waals surface area (Å²) in [4.78, 5) is 17.2. The molecule has 4 rings (SSSR count). The Morgan fingerprint density at radius 3 is 2.67 bits per heavy atom. The number of nitrogens with zero attached hydrogens (tertiary/aromatic N) is 2. The molecule has 1 amide bonds. The maximum Gasteiger partial charge on any atom is 0.256 e. The fourth-order valence-corrected chi connectivity index (χ4v) is 3.91. The van der Waals surface area contributed by atoms with Crippen LogP contribution in [-0.2, 0) is 11.3 Å². The van der Waals surface area contributed by atoms with Crippen molar-refractivity contribution in [2.75, 3.05) is 18.0 Å². The predicted octanol–water partition coefficient (Wildman–Crippen LogP) is 2.73. The van der Waals surface area contributed by atoms with E-state index in [9.17, 15) is 9.90 Å². The van der Waals surface area contributed by atoms with Crippen LogP contribution in [0.4, 0.5) is 5.69 Å². The lowest BCUT2D eigenvalue weighted by Gasteiger charge is -2.28. The molecule has 2 atom stereocenters. The molecule has 2 aliphatic heterocycles. The minimum atomic E-state index is -1.09. The number of amides is 1. The molecule has 0 aliphatic carbocycles. The van der Waals surface area contributed by atoms with E-state index in [4.69, 9.17) is 0 Å². The minimum Gasteiger partial charge on any atom is -0.378 e. The number of para-hydroxylation sites is 1. The van der Waals surface area contributed by atoms with Crippen LogP contribution >= 0.6 is 0 Å². The summed E-state index contributed by atoms with van der Waals surface area (Å²) in [7, 11) is 0. The van der Waals surface area contributed by atoms with Crippen molar-refractivity contribution < 1.29 is 9.90 Å². The van der Waals surface area contributed by atoms with Gasteiger partial charge in [-0.15, -0.1) is 0 Å². The number of benzene rings is 2. The van der Waals surface area contributed by atoms with Crippen molar-refractivity contribution in [2.45, 2.75) is 31.5 Å². The van der Waals surface area contributed by atoms with Gasteiger partial charge in [-0.25, -0.2) is 0 Å². The topological polar surface area (TPSA) is 43.8 Å². The van der Waals surface area contributed by atoms with Crippen LogP contribution in [0.3, 0.4) is 0 Å². The fourth-order valence-electron chi connectivity index (χ4n) is 3.91. The normalized spacial score (nSPS) is 21.0. The van der Waals surface area contributed by atoms with Gasteiger partial charge < -0.3 is 14.9 Å². The van der Waals surface area contributed by atoms with Gasteiger partial charge in [0, 0.05) is 31.4 Å². The van der Waals surface area contributed by atoms with E-state index in [2.05, 4.69) is 23.1 Å². The number of carbonyl (C=O) groups excluding carboxylic acids is 1. The predicted molar refractivity (Wildman–Crippen MR) is 93.6 cm³/mol. The van der Waals surface area contributed by atoms with Gasteiger partial charge in [-0.3, -0.25) is 4.79 Å². The zero-order valence-corrected chi connectivity index (χ0v) is 13.6. The van der Waals surface area contributed by atoms with Crippen LogP contribution < -0.4 is 4.90 Å². The lowest BCUT2D eigenvalue weighted by molar-refractivity contribution is -0.141. The second-order valence-corrected chi connectivity index (χ2v) is 6.65. The molecule has 0 spiro atoms. The number of aliphatic hydroxyl groups excluding tert-OH is 1. The van der Waals surface area contributed by atoms with E-state index in [0.717, 1.165) is 24.9 Å². The molecule has 124 valence electrons. The maximum absolute atomic E-state index is 12.9. The van der Waals surface area contributed by atoms with E-state index in [1.54, 1.807) is 12.1 Å². The number of carbonyl (C=O) groups is 1. The average Bonchev–Trinajstić information content (AvgIpc) is 3.03. The molecular formula is C20H22N2O2. The Bertz CT molecular complexity index is 731. The number of aliphatic hydroxyl groups is 1. The molecule has 1 fully saturated rings. The summed E-state index contributed by atoms with van der Waals surface area (Å²) in [5.74, 6) is -0.204.